The average Bonchev–Trinajstić information content (AvgIpc) is 3.37. The largest absolute Gasteiger partial charge is 0.472 e. The van der Waals surface area contributed by atoms with Gasteiger partial charge < -0.3 is 24.2 Å². The summed E-state index contributed by atoms with van der Waals surface area (Å²) in [5.41, 5.74) is 0. The van der Waals surface area contributed by atoms with Gasteiger partial charge in [-0.05, 0) is 103 Å². The summed E-state index contributed by atoms with van der Waals surface area (Å²) < 4.78 is 39.5. The van der Waals surface area contributed by atoms with Gasteiger partial charge in [-0.15, -0.1) is 0 Å². The van der Waals surface area contributed by atoms with E-state index in [1.807, 2.05) is 0 Å². The van der Waals surface area contributed by atoms with Crippen LogP contribution in [0.5, 0.6) is 0 Å². The molecule has 0 aliphatic heterocycles. The van der Waals surface area contributed by atoms with E-state index in [0.29, 0.717) is 19.3 Å². The lowest BCUT2D eigenvalue weighted by Gasteiger charge is -2.21. The molecule has 0 aromatic heterocycles. The van der Waals surface area contributed by atoms with Crippen LogP contribution in [0.4, 0.5) is 0 Å². The van der Waals surface area contributed by atoms with E-state index in [1.165, 1.54) is 83.5 Å². The molecule has 0 aromatic carbocycles. The van der Waals surface area contributed by atoms with E-state index in [-0.39, 0.29) is 25.9 Å². The summed E-state index contributed by atoms with van der Waals surface area (Å²) in [6, 6.07) is 0. The van der Waals surface area contributed by atoms with Crippen molar-refractivity contribution in [3.63, 3.8) is 0 Å². The van der Waals surface area contributed by atoms with Crippen LogP contribution in [0, 0.1) is 0 Å². The molecule has 0 amide bonds. The van der Waals surface area contributed by atoms with Crippen LogP contribution < -0.4 is 0 Å². The quantitative estimate of drug-likeness (QED) is 0.0197. The molecule has 2 N–H and O–H groups in total. The first-order chi connectivity index (χ1) is 35.2. The number of aliphatic hydroxyl groups is 1. The lowest BCUT2D eigenvalue weighted by atomic mass is 10.1. The molecule has 0 saturated heterocycles. The molecule has 0 aromatic rings. The van der Waals surface area contributed by atoms with Gasteiger partial charge >= 0.3 is 25.7 Å². The van der Waals surface area contributed by atoms with Crippen LogP contribution in [-0.4, -0.2) is 66.5 Å². The molecule has 72 heavy (non-hydrogen) atoms. The fourth-order valence-corrected chi connectivity index (χ4v) is 8.67. The van der Waals surface area contributed by atoms with E-state index in [2.05, 4.69) is 81.5 Å². The maximum absolute atomic E-state index is 12.9. The molecule has 0 rings (SSSR count). The van der Waals surface area contributed by atoms with Crippen molar-refractivity contribution >= 4 is 25.7 Å². The summed E-state index contributed by atoms with van der Waals surface area (Å²) in [5, 5.41) is 9.81. The molecule has 11 nitrogen and oxygen atoms in total. The molecule has 418 valence electrons. The summed E-state index contributed by atoms with van der Waals surface area (Å²) in [6.07, 6.45) is 58.9. The topological polar surface area (TPSA) is 155 Å². The molecule has 3 unspecified atom stereocenters. The number of unbranched alkanes of at least 4 members (excludes halogenated alkanes) is 27. The number of rotatable bonds is 54. The number of ether oxygens (including phenoxy) is 3. The zero-order valence-corrected chi connectivity index (χ0v) is 47.0. The molecule has 12 heteroatoms. The maximum Gasteiger partial charge on any atom is 0.472 e. The fraction of sp³-hybridized carbons (Fsp3) is 0.783. The Labute approximate surface area is 440 Å². The molecule has 3 atom stereocenters. The van der Waals surface area contributed by atoms with Gasteiger partial charge in [0.15, 0.2) is 6.10 Å². The number of carbonyl (C=O) groups is 3. The SMILES string of the molecule is CCC/C=C\C/C=C\CCCCCCCC(=O)OCC(COP(=O)(O)OCC(CO)OC(=O)CCCCCCC/C=C\C/C=C\CCCCC)OC(=O)CCCCCCCCC/C=C\CCCCCCCC. The van der Waals surface area contributed by atoms with Gasteiger partial charge in [-0.3, -0.25) is 23.4 Å². The van der Waals surface area contributed by atoms with Crippen LogP contribution in [0.1, 0.15) is 265 Å². The first-order valence-corrected chi connectivity index (χ1v) is 30.7. The maximum atomic E-state index is 12.9. The average molecular weight is 1040 g/mol. The highest BCUT2D eigenvalue weighted by molar-refractivity contribution is 7.47. The number of allylic oxidation sites excluding steroid dienone is 10. The van der Waals surface area contributed by atoms with Crippen molar-refractivity contribution < 1.29 is 52.2 Å². The Balaban J connectivity index is 4.73. The fourth-order valence-electron chi connectivity index (χ4n) is 7.89. The summed E-state index contributed by atoms with van der Waals surface area (Å²) in [5.74, 6) is -1.49. The lowest BCUT2D eigenvalue weighted by molar-refractivity contribution is -0.161. The predicted octanol–water partition coefficient (Wildman–Crippen LogP) is 17.1. The van der Waals surface area contributed by atoms with Crippen molar-refractivity contribution in [2.45, 2.75) is 277 Å². The Bertz CT molecular complexity index is 1440. The van der Waals surface area contributed by atoms with E-state index in [0.717, 1.165) is 122 Å². The highest BCUT2D eigenvalue weighted by Gasteiger charge is 2.28. The van der Waals surface area contributed by atoms with Gasteiger partial charge in [0.1, 0.15) is 12.7 Å². The minimum atomic E-state index is -4.75. The number of esters is 3. The van der Waals surface area contributed by atoms with Crippen molar-refractivity contribution in [1.29, 1.82) is 0 Å². The number of phosphoric acid groups is 1. The first-order valence-electron chi connectivity index (χ1n) is 29.2. The van der Waals surface area contributed by atoms with Crippen LogP contribution >= 0.6 is 7.82 Å². The van der Waals surface area contributed by atoms with Crippen molar-refractivity contribution in [3.8, 4) is 0 Å². The molecule has 0 radical (unpaired) electrons. The third-order valence-corrected chi connectivity index (χ3v) is 13.3. The number of carbonyl (C=O) groups excluding carboxylic acids is 3. The Kier molecular flexibility index (Phi) is 52.3. The van der Waals surface area contributed by atoms with E-state index in [4.69, 9.17) is 23.3 Å². The van der Waals surface area contributed by atoms with E-state index >= 15 is 0 Å². The Morgan fingerprint density at radius 2 is 0.708 bits per heavy atom. The van der Waals surface area contributed by atoms with Gasteiger partial charge in [0.25, 0.3) is 0 Å². The van der Waals surface area contributed by atoms with E-state index in [9.17, 15) is 28.9 Å². The minimum absolute atomic E-state index is 0.158. The molecule has 0 aliphatic carbocycles. The molecule has 0 spiro atoms. The molecule has 0 fully saturated rings. The van der Waals surface area contributed by atoms with Gasteiger partial charge in [0.2, 0.25) is 0 Å². The zero-order valence-electron chi connectivity index (χ0n) is 46.1. The van der Waals surface area contributed by atoms with Gasteiger partial charge in [0, 0.05) is 19.3 Å². The van der Waals surface area contributed by atoms with Crippen molar-refractivity contribution in [1.82, 2.24) is 0 Å². The lowest BCUT2D eigenvalue weighted by Crippen LogP contribution is -2.30. The van der Waals surface area contributed by atoms with Gasteiger partial charge in [-0.25, -0.2) is 4.57 Å². The second kappa shape index (κ2) is 54.4. The Morgan fingerprint density at radius 3 is 1.12 bits per heavy atom. The van der Waals surface area contributed by atoms with E-state index < -0.39 is 57.8 Å². The van der Waals surface area contributed by atoms with Crippen molar-refractivity contribution in [2.24, 2.45) is 0 Å². The van der Waals surface area contributed by atoms with Crippen LogP contribution in [-0.2, 0) is 42.2 Å². The van der Waals surface area contributed by atoms with Crippen LogP contribution in [0.15, 0.2) is 60.8 Å². The molecule has 0 aliphatic rings. The second-order valence-corrected chi connectivity index (χ2v) is 20.9. The van der Waals surface area contributed by atoms with Gasteiger partial charge in [-0.2, -0.15) is 0 Å². The molecule has 0 saturated carbocycles. The summed E-state index contributed by atoms with van der Waals surface area (Å²) in [4.78, 5) is 48.5. The molecule has 0 bridgehead atoms. The normalized spacial score (nSPS) is 13.8. The van der Waals surface area contributed by atoms with E-state index in [1.54, 1.807) is 0 Å². The zero-order chi connectivity index (χ0) is 52.7. The van der Waals surface area contributed by atoms with Crippen LogP contribution in [0.3, 0.4) is 0 Å². The summed E-state index contributed by atoms with van der Waals surface area (Å²) in [6.45, 7) is 4.53. The number of aliphatic hydroxyl groups excluding tert-OH is 1. The predicted molar refractivity (Wildman–Crippen MR) is 298 cm³/mol. The molecule has 0 heterocycles. The second-order valence-electron chi connectivity index (χ2n) is 19.4. The Morgan fingerprint density at radius 1 is 0.389 bits per heavy atom. The van der Waals surface area contributed by atoms with Crippen LogP contribution in [0.2, 0.25) is 0 Å². The number of hydrogen-bond donors (Lipinski definition) is 2. The standard InChI is InChI=1S/C60H107O11P/c1-4-7-10-13-16-19-22-25-27-28-30-33-36-39-42-45-48-51-60(64)71-57(53-67-58(62)49-46-43-40-37-34-31-24-21-18-15-12-9-6-3)55-69-72(65,66)68-54-56(52-61)70-59(63)50-47-44-41-38-35-32-29-26-23-20-17-14-11-8-5-2/h12,15,17,20-21,24-27,29,56-57,61H,4-11,13-14,16,18-19,22-23,28,30-55H2,1-3H3,(H,65,66)/b15-12-,20-17-,24-21-,27-25-,29-26-. The first kappa shape index (κ1) is 69.2. The van der Waals surface area contributed by atoms with Gasteiger partial charge in [-0.1, -0.05) is 204 Å². The van der Waals surface area contributed by atoms with Crippen molar-refractivity contribution in [2.75, 3.05) is 26.4 Å². The number of phosphoric ester groups is 1. The monoisotopic (exact) mass is 1030 g/mol. The third kappa shape index (κ3) is 52.1. The highest BCUT2D eigenvalue weighted by Crippen LogP contribution is 2.43. The molecular formula is C60H107O11P. The summed E-state index contributed by atoms with van der Waals surface area (Å²) >= 11 is 0. The summed E-state index contributed by atoms with van der Waals surface area (Å²) in [7, 11) is -4.75. The highest BCUT2D eigenvalue weighted by atomic mass is 31.2. The Hall–Kier alpha value is -2.82. The van der Waals surface area contributed by atoms with Crippen molar-refractivity contribution in [3.05, 3.63) is 60.8 Å². The minimum Gasteiger partial charge on any atom is -0.462 e. The number of hydrogen-bond acceptors (Lipinski definition) is 10. The smallest absolute Gasteiger partial charge is 0.462 e. The third-order valence-electron chi connectivity index (χ3n) is 12.4. The molecular weight excluding hydrogens is 928 g/mol. The van der Waals surface area contributed by atoms with Gasteiger partial charge in [0.05, 0.1) is 19.8 Å². The van der Waals surface area contributed by atoms with Crippen LogP contribution in [0.25, 0.3) is 0 Å².